The fraction of sp³-hybridized carbons (Fsp3) is 0.200. The molecule has 2 heteroatoms. The van der Waals surface area contributed by atoms with Gasteiger partial charge in [0.25, 0.3) is 0 Å². The Kier molecular flexibility index (Phi) is 3.27. The normalized spacial score (nSPS) is 19.4. The number of benzene rings is 1. The number of allylic oxidation sites excluding steroid dienone is 7. The second-order valence-electron chi connectivity index (χ2n) is 6.17. The quantitative estimate of drug-likeness (QED) is 0.715. The highest BCUT2D eigenvalue weighted by Gasteiger charge is 2.32. The Morgan fingerprint density at radius 3 is 2.50 bits per heavy atom. The molecule has 0 N–H and O–H groups in total. The largest absolute Gasteiger partial charge is 0.247 e. The van der Waals surface area contributed by atoms with Gasteiger partial charge in [0.05, 0.1) is 11.4 Å². The topological polar surface area (TPSA) is 12.4 Å². The maximum atomic E-state index is 5.01. The summed E-state index contributed by atoms with van der Waals surface area (Å²) in [4.78, 5) is 5.01. The van der Waals surface area contributed by atoms with Crippen molar-refractivity contribution in [3.8, 4) is 0 Å². The lowest BCUT2D eigenvalue weighted by Crippen LogP contribution is -2.13. The second-order valence-corrected chi connectivity index (χ2v) is 8.78. The fourth-order valence-electron chi connectivity index (χ4n) is 3.44. The number of nitrogens with zero attached hydrogens (tertiary/aromatic N) is 1. The van der Waals surface area contributed by atoms with Crippen molar-refractivity contribution >= 4 is 19.3 Å². The zero-order valence-electron chi connectivity index (χ0n) is 13.1. The molecule has 0 unspecified atom stereocenters. The minimum absolute atomic E-state index is 0.445. The summed E-state index contributed by atoms with van der Waals surface area (Å²) in [6, 6.07) is 10.6. The lowest BCUT2D eigenvalue weighted by molar-refractivity contribution is 1.30. The Balaban J connectivity index is 1.94. The molecule has 0 saturated heterocycles. The molecule has 108 valence electrons. The standard InChI is InChI=1S/C20H19NSi/c1-22(2)17-13-12-16-19(17)18(14-8-6-7-9-14)20(21-16)15-10-4-3-5-11-15/h3-8,10-12H,9,13H2,1-2H3. The van der Waals surface area contributed by atoms with Gasteiger partial charge in [0.15, 0.2) is 0 Å². The Hall–Kier alpha value is -2.06. The van der Waals surface area contributed by atoms with Crippen LogP contribution in [-0.2, 0) is 0 Å². The third-order valence-electron chi connectivity index (χ3n) is 4.52. The van der Waals surface area contributed by atoms with Crippen molar-refractivity contribution in [3.63, 3.8) is 0 Å². The highest BCUT2D eigenvalue weighted by atomic mass is 28.2. The van der Waals surface area contributed by atoms with Gasteiger partial charge in [-0.15, -0.1) is 0 Å². The summed E-state index contributed by atoms with van der Waals surface area (Å²) in [6.07, 6.45) is 11.1. The van der Waals surface area contributed by atoms with Crippen LogP contribution in [0.4, 0.5) is 0 Å². The molecular weight excluding hydrogens is 282 g/mol. The van der Waals surface area contributed by atoms with E-state index in [4.69, 9.17) is 4.99 Å². The van der Waals surface area contributed by atoms with Gasteiger partial charge in [-0.25, -0.2) is 4.99 Å². The summed E-state index contributed by atoms with van der Waals surface area (Å²) in [7, 11) is -0.445. The molecule has 0 bridgehead atoms. The summed E-state index contributed by atoms with van der Waals surface area (Å²) in [5.74, 6) is 0. The molecule has 0 saturated carbocycles. The zero-order valence-corrected chi connectivity index (χ0v) is 14.1. The summed E-state index contributed by atoms with van der Waals surface area (Å²) in [5.41, 5.74) is 7.87. The Morgan fingerprint density at radius 2 is 1.82 bits per heavy atom. The maximum Gasteiger partial charge on any atom is 0.0791 e. The molecule has 0 radical (unpaired) electrons. The highest BCUT2D eigenvalue weighted by Crippen LogP contribution is 2.40. The van der Waals surface area contributed by atoms with Crippen LogP contribution in [0.5, 0.6) is 0 Å². The number of hydrogen-bond acceptors (Lipinski definition) is 1. The molecule has 0 aromatic heterocycles. The molecule has 1 aromatic rings. The van der Waals surface area contributed by atoms with Crippen LogP contribution < -0.4 is 0 Å². The van der Waals surface area contributed by atoms with E-state index in [9.17, 15) is 0 Å². The van der Waals surface area contributed by atoms with Gasteiger partial charge in [-0.2, -0.15) is 0 Å². The Morgan fingerprint density at radius 1 is 1.00 bits per heavy atom. The first kappa shape index (κ1) is 13.6. The lowest BCUT2D eigenvalue weighted by atomic mass is 9.92. The van der Waals surface area contributed by atoms with E-state index in [1.165, 1.54) is 28.0 Å². The van der Waals surface area contributed by atoms with Crippen LogP contribution in [0.15, 0.2) is 82.0 Å². The minimum atomic E-state index is -0.445. The van der Waals surface area contributed by atoms with Crippen LogP contribution >= 0.6 is 0 Å². The first-order valence-electron chi connectivity index (χ1n) is 7.88. The van der Waals surface area contributed by atoms with E-state index in [0.29, 0.717) is 0 Å². The molecule has 0 fully saturated rings. The van der Waals surface area contributed by atoms with Gasteiger partial charge in [-0.3, -0.25) is 0 Å². The number of rotatable bonds is 2. The lowest BCUT2D eigenvalue weighted by Gasteiger charge is -2.13. The van der Waals surface area contributed by atoms with E-state index in [0.717, 1.165) is 18.6 Å². The molecule has 1 nitrogen and oxygen atoms in total. The van der Waals surface area contributed by atoms with Gasteiger partial charge >= 0.3 is 0 Å². The van der Waals surface area contributed by atoms with Crippen molar-refractivity contribution in [2.75, 3.05) is 0 Å². The van der Waals surface area contributed by atoms with Crippen molar-refractivity contribution in [2.24, 2.45) is 4.99 Å². The molecule has 0 atom stereocenters. The van der Waals surface area contributed by atoms with Gasteiger partial charge in [0.2, 0.25) is 0 Å². The first-order valence-corrected chi connectivity index (χ1v) is 10.4. The summed E-state index contributed by atoms with van der Waals surface area (Å²) in [6.45, 7) is 4.78. The number of aliphatic imine (C=N–C) groups is 1. The third-order valence-corrected chi connectivity index (χ3v) is 6.18. The average molecular weight is 301 g/mol. The first-order chi connectivity index (χ1) is 10.8. The molecule has 1 aromatic carbocycles. The van der Waals surface area contributed by atoms with Crippen molar-refractivity contribution in [1.82, 2.24) is 0 Å². The van der Waals surface area contributed by atoms with E-state index in [-0.39, 0.29) is 0 Å². The van der Waals surface area contributed by atoms with E-state index >= 15 is 0 Å². The predicted molar refractivity (Wildman–Crippen MR) is 97.0 cm³/mol. The fourth-order valence-corrected chi connectivity index (χ4v) is 4.70. The molecule has 3 aliphatic rings. The van der Waals surface area contributed by atoms with Crippen molar-refractivity contribution in [2.45, 2.75) is 25.9 Å². The number of fused-ring (bicyclic) bond motifs is 1. The van der Waals surface area contributed by atoms with E-state index in [1.54, 1.807) is 5.17 Å². The van der Waals surface area contributed by atoms with Crippen LogP contribution in [-0.4, -0.2) is 19.3 Å². The van der Waals surface area contributed by atoms with Crippen molar-refractivity contribution in [3.05, 3.63) is 82.6 Å². The molecular formula is C20H19NSi. The summed E-state index contributed by atoms with van der Waals surface area (Å²) >= 11 is 0. The summed E-state index contributed by atoms with van der Waals surface area (Å²) in [5, 5.41) is 1.64. The van der Waals surface area contributed by atoms with Crippen LogP contribution in [0.25, 0.3) is 0 Å². The predicted octanol–water partition coefficient (Wildman–Crippen LogP) is 4.47. The van der Waals surface area contributed by atoms with Crippen LogP contribution in [0.2, 0.25) is 13.1 Å². The highest BCUT2D eigenvalue weighted by molar-refractivity contribution is 6.73. The van der Waals surface area contributed by atoms with Gasteiger partial charge in [0.1, 0.15) is 0 Å². The van der Waals surface area contributed by atoms with Gasteiger partial charge in [-0.05, 0) is 18.4 Å². The average Bonchev–Trinajstić information content (AvgIpc) is 3.23. The molecule has 4 rings (SSSR count). The van der Waals surface area contributed by atoms with Crippen molar-refractivity contribution in [1.29, 1.82) is 0 Å². The molecule has 2 aliphatic carbocycles. The van der Waals surface area contributed by atoms with Crippen LogP contribution in [0.3, 0.4) is 0 Å². The molecule has 1 heterocycles. The molecule has 0 amide bonds. The van der Waals surface area contributed by atoms with Crippen molar-refractivity contribution < 1.29 is 0 Å². The maximum absolute atomic E-state index is 5.01. The zero-order chi connectivity index (χ0) is 15.1. The SMILES string of the molecule is C[Si](C)=C1CC=C2N=C(c3ccccc3)C(C3=CC=CC3)=C21. The molecule has 0 spiro atoms. The van der Waals surface area contributed by atoms with E-state index in [1.807, 2.05) is 0 Å². The van der Waals surface area contributed by atoms with Gasteiger partial charge in [-0.1, -0.05) is 72.9 Å². The van der Waals surface area contributed by atoms with Gasteiger partial charge < -0.3 is 0 Å². The smallest absolute Gasteiger partial charge is 0.0791 e. The number of hydrogen-bond donors (Lipinski definition) is 0. The Labute approximate surface area is 133 Å². The molecule has 1 aliphatic heterocycles. The minimum Gasteiger partial charge on any atom is -0.247 e. The monoisotopic (exact) mass is 301 g/mol. The summed E-state index contributed by atoms with van der Waals surface area (Å²) < 4.78 is 0. The van der Waals surface area contributed by atoms with E-state index in [2.05, 4.69) is 67.7 Å². The van der Waals surface area contributed by atoms with E-state index < -0.39 is 8.41 Å². The van der Waals surface area contributed by atoms with Crippen LogP contribution in [0, 0.1) is 0 Å². The molecule has 22 heavy (non-hydrogen) atoms. The van der Waals surface area contributed by atoms with Gasteiger partial charge in [0, 0.05) is 25.1 Å². The third kappa shape index (κ3) is 2.06. The van der Waals surface area contributed by atoms with Crippen LogP contribution in [0.1, 0.15) is 18.4 Å². The Bertz CT molecular complexity index is 826. The second kappa shape index (κ2) is 5.29.